The number of hydrogen-bond donors (Lipinski definition) is 1. The van der Waals surface area contributed by atoms with Crippen LogP contribution in [0.3, 0.4) is 0 Å². The number of fused-ring (bicyclic) bond motifs is 1. The first-order valence-corrected chi connectivity index (χ1v) is 11.3. The summed E-state index contributed by atoms with van der Waals surface area (Å²) in [5, 5.41) is 12.3. The molecule has 0 heterocycles. The van der Waals surface area contributed by atoms with Crippen molar-refractivity contribution in [3.63, 3.8) is 0 Å². The number of phenols is 1. The van der Waals surface area contributed by atoms with Crippen LogP contribution >= 0.6 is 0 Å². The Balaban J connectivity index is 2.67. The summed E-state index contributed by atoms with van der Waals surface area (Å²) in [6, 6.07) is 9.58. The van der Waals surface area contributed by atoms with Crippen molar-refractivity contribution in [2.45, 2.75) is 58.2 Å². The van der Waals surface area contributed by atoms with Gasteiger partial charge in [0.25, 0.3) is 0 Å². The second-order valence-electron chi connectivity index (χ2n) is 7.70. The predicted molar refractivity (Wildman–Crippen MR) is 110 cm³/mol. The minimum atomic E-state index is -1.80. The number of phenolic OH excluding ortho intramolecular Hbond substituents is 1. The van der Waals surface area contributed by atoms with Gasteiger partial charge in [-0.3, -0.25) is 0 Å². The lowest BCUT2D eigenvalue weighted by atomic mass is 10.0. The van der Waals surface area contributed by atoms with E-state index in [1.807, 2.05) is 24.3 Å². The first-order chi connectivity index (χ1) is 11.7. The number of ether oxygens (including phenoxy) is 1. The van der Waals surface area contributed by atoms with Crippen molar-refractivity contribution in [1.29, 1.82) is 0 Å². The molecule has 2 aromatic carbocycles. The van der Waals surface area contributed by atoms with E-state index in [1.54, 1.807) is 13.2 Å². The molecule has 2 aromatic rings. The van der Waals surface area contributed by atoms with Gasteiger partial charge < -0.3 is 9.84 Å². The SMILES string of the molecule is COc1cc(O)c2c(C#C[Si](C(C)C)(C(C)C)C(C)C)cccc2c1. The van der Waals surface area contributed by atoms with E-state index in [0.29, 0.717) is 22.4 Å². The van der Waals surface area contributed by atoms with Crippen LogP contribution in [0.4, 0.5) is 0 Å². The highest BCUT2D eigenvalue weighted by Crippen LogP contribution is 2.41. The van der Waals surface area contributed by atoms with E-state index >= 15 is 0 Å². The Morgan fingerprint density at radius 2 is 1.56 bits per heavy atom. The van der Waals surface area contributed by atoms with Gasteiger partial charge in [0.15, 0.2) is 0 Å². The molecule has 0 bridgehead atoms. The van der Waals surface area contributed by atoms with Crippen LogP contribution in [-0.4, -0.2) is 20.3 Å². The number of hydrogen-bond acceptors (Lipinski definition) is 2. The summed E-state index contributed by atoms with van der Waals surface area (Å²) in [7, 11) is -0.191. The third-order valence-electron chi connectivity index (χ3n) is 5.44. The fourth-order valence-corrected chi connectivity index (χ4v) is 9.43. The zero-order chi connectivity index (χ0) is 18.8. The van der Waals surface area contributed by atoms with Crippen LogP contribution in [-0.2, 0) is 0 Å². The first kappa shape index (κ1) is 19.4. The van der Waals surface area contributed by atoms with E-state index in [9.17, 15) is 5.11 Å². The third kappa shape index (κ3) is 3.55. The third-order valence-corrected chi connectivity index (χ3v) is 11.7. The van der Waals surface area contributed by atoms with Gasteiger partial charge in [-0.25, -0.2) is 0 Å². The summed E-state index contributed by atoms with van der Waals surface area (Å²) >= 11 is 0. The van der Waals surface area contributed by atoms with E-state index in [2.05, 4.69) is 53.0 Å². The molecule has 0 atom stereocenters. The van der Waals surface area contributed by atoms with Crippen LogP contribution in [0.5, 0.6) is 11.5 Å². The second-order valence-corrected chi connectivity index (χ2v) is 13.3. The maximum Gasteiger partial charge on any atom is 0.146 e. The summed E-state index contributed by atoms with van der Waals surface area (Å²) in [4.78, 5) is 0. The van der Waals surface area contributed by atoms with Crippen molar-refractivity contribution in [1.82, 2.24) is 0 Å². The van der Waals surface area contributed by atoms with Crippen LogP contribution in [0.1, 0.15) is 47.1 Å². The van der Waals surface area contributed by atoms with Gasteiger partial charge in [-0.2, -0.15) is 0 Å². The molecule has 0 aliphatic carbocycles. The number of rotatable bonds is 4. The molecule has 25 heavy (non-hydrogen) atoms. The van der Waals surface area contributed by atoms with Gasteiger partial charge in [0.1, 0.15) is 19.6 Å². The second kappa shape index (κ2) is 7.54. The molecule has 0 saturated carbocycles. The summed E-state index contributed by atoms with van der Waals surface area (Å²) in [6.07, 6.45) is 0. The number of aromatic hydroxyl groups is 1. The molecule has 0 aliphatic rings. The van der Waals surface area contributed by atoms with Gasteiger partial charge in [-0.05, 0) is 34.1 Å². The lowest BCUT2D eigenvalue weighted by molar-refractivity contribution is 0.409. The van der Waals surface area contributed by atoms with E-state index in [0.717, 1.165) is 16.3 Å². The Morgan fingerprint density at radius 3 is 2.08 bits per heavy atom. The van der Waals surface area contributed by atoms with Gasteiger partial charge in [0, 0.05) is 17.0 Å². The molecule has 0 spiro atoms. The summed E-state index contributed by atoms with van der Waals surface area (Å²) in [6.45, 7) is 13.9. The van der Waals surface area contributed by atoms with Gasteiger partial charge in [-0.15, -0.1) is 5.54 Å². The van der Waals surface area contributed by atoms with Crippen molar-refractivity contribution in [3.05, 3.63) is 35.9 Å². The van der Waals surface area contributed by atoms with Crippen molar-refractivity contribution in [2.24, 2.45) is 0 Å². The Kier molecular flexibility index (Phi) is 5.85. The fraction of sp³-hybridized carbons (Fsp3) is 0.455. The van der Waals surface area contributed by atoms with Crippen molar-refractivity contribution < 1.29 is 9.84 Å². The van der Waals surface area contributed by atoms with Crippen LogP contribution < -0.4 is 4.74 Å². The molecule has 2 rings (SSSR count). The monoisotopic (exact) mass is 354 g/mol. The molecule has 0 radical (unpaired) electrons. The van der Waals surface area contributed by atoms with Crippen molar-refractivity contribution in [2.75, 3.05) is 7.11 Å². The molecule has 0 saturated heterocycles. The minimum Gasteiger partial charge on any atom is -0.507 e. The molecular formula is C22H30O2Si. The Bertz CT molecular complexity index is 788. The van der Waals surface area contributed by atoms with Crippen LogP contribution in [0, 0.1) is 11.5 Å². The lowest BCUT2D eigenvalue weighted by Gasteiger charge is -2.38. The van der Waals surface area contributed by atoms with Crippen LogP contribution in [0.25, 0.3) is 10.8 Å². The quantitative estimate of drug-likeness (QED) is 0.529. The Hall–Kier alpha value is -1.92. The number of benzene rings is 2. The van der Waals surface area contributed by atoms with E-state index in [-0.39, 0.29) is 5.75 Å². The van der Waals surface area contributed by atoms with Crippen molar-refractivity contribution >= 4 is 18.8 Å². The van der Waals surface area contributed by atoms with E-state index in [4.69, 9.17) is 4.74 Å². The molecule has 0 unspecified atom stereocenters. The van der Waals surface area contributed by atoms with Gasteiger partial charge in [-0.1, -0.05) is 59.6 Å². The van der Waals surface area contributed by atoms with Crippen LogP contribution in [0.15, 0.2) is 30.3 Å². The molecule has 0 aromatic heterocycles. The summed E-state index contributed by atoms with van der Waals surface area (Å²) in [5.41, 5.74) is 6.40. The normalized spacial score (nSPS) is 11.9. The maximum atomic E-state index is 10.5. The lowest BCUT2D eigenvalue weighted by Crippen LogP contribution is -2.43. The summed E-state index contributed by atoms with van der Waals surface area (Å²) in [5.74, 6) is 4.35. The maximum absolute atomic E-state index is 10.5. The number of methoxy groups -OCH3 is 1. The topological polar surface area (TPSA) is 29.5 Å². The molecule has 1 N–H and O–H groups in total. The van der Waals surface area contributed by atoms with E-state index < -0.39 is 8.07 Å². The average Bonchev–Trinajstić information content (AvgIpc) is 2.53. The molecule has 2 nitrogen and oxygen atoms in total. The standard InChI is InChI=1S/C22H30O2Si/c1-15(2)25(16(3)4,17(5)6)12-11-18-9-8-10-19-13-20(24-7)14-21(23)22(18)19/h8-10,13-17,23H,1-7H3. The largest absolute Gasteiger partial charge is 0.507 e. The van der Waals surface area contributed by atoms with Crippen molar-refractivity contribution in [3.8, 4) is 23.0 Å². The van der Waals surface area contributed by atoms with E-state index in [1.165, 1.54) is 0 Å². The highest BCUT2D eigenvalue weighted by molar-refractivity contribution is 6.90. The zero-order valence-corrected chi connectivity index (χ0v) is 17.5. The van der Waals surface area contributed by atoms with Gasteiger partial charge in [0.05, 0.1) is 7.11 Å². The zero-order valence-electron chi connectivity index (χ0n) is 16.5. The molecule has 3 heteroatoms. The minimum absolute atomic E-state index is 0.227. The fourth-order valence-electron chi connectivity index (χ4n) is 4.21. The predicted octanol–water partition coefficient (Wildman–Crippen LogP) is 6.12. The van der Waals surface area contributed by atoms with Crippen LogP contribution in [0.2, 0.25) is 16.6 Å². The molecule has 0 aliphatic heterocycles. The van der Waals surface area contributed by atoms with Gasteiger partial charge >= 0.3 is 0 Å². The molecular weight excluding hydrogens is 324 g/mol. The average molecular weight is 355 g/mol. The summed E-state index contributed by atoms with van der Waals surface area (Å²) < 4.78 is 5.26. The molecule has 134 valence electrons. The highest BCUT2D eigenvalue weighted by atomic mass is 28.3. The van der Waals surface area contributed by atoms with Gasteiger partial charge in [0.2, 0.25) is 0 Å². The molecule has 0 amide bonds. The highest BCUT2D eigenvalue weighted by Gasteiger charge is 2.41. The molecule has 0 fully saturated rings. The Morgan fingerprint density at radius 1 is 0.960 bits per heavy atom. The smallest absolute Gasteiger partial charge is 0.146 e. The first-order valence-electron chi connectivity index (χ1n) is 9.06. The Labute approximate surface area is 153 Å².